The molecule has 2 N–H and O–H groups in total. The van der Waals surface area contributed by atoms with E-state index in [-0.39, 0.29) is 19.0 Å². The lowest BCUT2D eigenvalue weighted by atomic mass is 10.1. The van der Waals surface area contributed by atoms with Crippen molar-refractivity contribution in [1.82, 2.24) is 0 Å². The van der Waals surface area contributed by atoms with Crippen LogP contribution in [0.1, 0.15) is 16.8 Å². The third-order valence-corrected chi connectivity index (χ3v) is 2.86. The van der Waals surface area contributed by atoms with Gasteiger partial charge in [-0.1, -0.05) is 0 Å². The van der Waals surface area contributed by atoms with Gasteiger partial charge in [-0.25, -0.2) is 4.79 Å². The molecule has 1 aromatic rings. The maximum atomic E-state index is 11.9. The number of carbonyl (C=O) groups is 1. The van der Waals surface area contributed by atoms with E-state index in [9.17, 15) is 4.79 Å². The Kier molecular flexibility index (Phi) is 5.65. The lowest BCUT2D eigenvalue weighted by molar-refractivity contribution is 0.0289. The summed E-state index contributed by atoms with van der Waals surface area (Å²) in [6, 6.07) is 3.08. The van der Waals surface area contributed by atoms with Gasteiger partial charge in [0.05, 0.1) is 17.9 Å². The molecule has 0 radical (unpaired) electrons. The second-order valence-electron chi connectivity index (χ2n) is 4.39. The molecule has 1 aliphatic rings. The number of ether oxygens (including phenoxy) is 5. The van der Waals surface area contributed by atoms with Crippen LogP contribution >= 0.6 is 0 Å². The minimum Gasteiger partial charge on any atom is -0.460 e. The Bertz CT molecular complexity index is 491. The van der Waals surface area contributed by atoms with Crippen LogP contribution in [0.25, 0.3) is 0 Å². The minimum absolute atomic E-state index is 0.128. The van der Waals surface area contributed by atoms with Crippen LogP contribution in [0.4, 0.5) is 5.69 Å². The van der Waals surface area contributed by atoms with Gasteiger partial charge < -0.3 is 29.4 Å². The van der Waals surface area contributed by atoms with Crippen molar-refractivity contribution in [3.63, 3.8) is 0 Å². The predicted molar refractivity (Wildman–Crippen MR) is 74.6 cm³/mol. The fourth-order valence-electron chi connectivity index (χ4n) is 1.81. The van der Waals surface area contributed by atoms with E-state index in [1.807, 2.05) is 0 Å². The highest BCUT2D eigenvalue weighted by Gasteiger charge is 2.20. The van der Waals surface area contributed by atoms with E-state index in [2.05, 4.69) is 0 Å². The highest BCUT2D eigenvalue weighted by atomic mass is 16.7. The molecular weight excluding hydrogens is 278 g/mol. The van der Waals surface area contributed by atoms with Gasteiger partial charge in [-0.2, -0.15) is 0 Å². The lowest BCUT2D eigenvalue weighted by Crippen LogP contribution is -2.13. The molecule has 1 aromatic carbocycles. The van der Waals surface area contributed by atoms with Gasteiger partial charge in [0.15, 0.2) is 11.5 Å². The molecule has 7 heteroatoms. The Morgan fingerprint density at radius 3 is 2.71 bits per heavy atom. The van der Waals surface area contributed by atoms with Gasteiger partial charge in [-0.3, -0.25) is 0 Å². The second-order valence-corrected chi connectivity index (χ2v) is 4.39. The zero-order valence-electron chi connectivity index (χ0n) is 11.9. The molecule has 0 fully saturated rings. The average Bonchev–Trinajstić information content (AvgIpc) is 2.92. The topological polar surface area (TPSA) is 89.2 Å². The molecule has 0 saturated carbocycles. The van der Waals surface area contributed by atoms with Crippen LogP contribution < -0.4 is 15.2 Å². The molecule has 7 nitrogen and oxygen atoms in total. The molecule has 2 rings (SSSR count). The highest BCUT2D eigenvalue weighted by Crippen LogP contribution is 2.36. The number of benzene rings is 1. The summed E-state index contributed by atoms with van der Waals surface area (Å²) in [5.74, 6) is 0.517. The van der Waals surface area contributed by atoms with Crippen molar-refractivity contribution in [2.24, 2.45) is 0 Å². The van der Waals surface area contributed by atoms with Crippen molar-refractivity contribution in [3.05, 3.63) is 17.7 Å². The normalized spacial score (nSPS) is 12.4. The minimum atomic E-state index is -0.508. The van der Waals surface area contributed by atoms with E-state index < -0.39 is 5.97 Å². The molecule has 1 heterocycles. The Morgan fingerprint density at radius 1 is 1.19 bits per heavy atom. The number of methoxy groups -OCH3 is 1. The van der Waals surface area contributed by atoms with Gasteiger partial charge in [0.2, 0.25) is 6.79 Å². The van der Waals surface area contributed by atoms with Gasteiger partial charge in [0, 0.05) is 32.5 Å². The Morgan fingerprint density at radius 2 is 1.95 bits per heavy atom. The molecule has 0 spiro atoms. The van der Waals surface area contributed by atoms with Crippen molar-refractivity contribution < 1.29 is 28.5 Å². The molecular formula is C14H19NO6. The number of carbonyl (C=O) groups excluding carboxylic acids is 1. The molecule has 21 heavy (non-hydrogen) atoms. The first-order valence-electron chi connectivity index (χ1n) is 6.65. The number of rotatable bonds is 8. The first-order chi connectivity index (χ1) is 10.2. The molecule has 0 amide bonds. The number of anilines is 1. The van der Waals surface area contributed by atoms with Crippen LogP contribution in [0, 0.1) is 0 Å². The van der Waals surface area contributed by atoms with Gasteiger partial charge in [-0.15, -0.1) is 0 Å². The summed E-state index contributed by atoms with van der Waals surface area (Å²) in [5, 5.41) is 0. The van der Waals surface area contributed by atoms with E-state index in [1.54, 1.807) is 13.2 Å². The molecule has 0 bridgehead atoms. The second kappa shape index (κ2) is 7.70. The van der Waals surface area contributed by atoms with Crippen molar-refractivity contribution in [2.45, 2.75) is 6.42 Å². The molecule has 0 saturated heterocycles. The monoisotopic (exact) mass is 297 g/mol. The van der Waals surface area contributed by atoms with E-state index >= 15 is 0 Å². The fourth-order valence-corrected chi connectivity index (χ4v) is 1.81. The molecule has 0 aliphatic carbocycles. The zero-order valence-corrected chi connectivity index (χ0v) is 11.9. The number of nitrogens with two attached hydrogens (primary N) is 1. The molecule has 0 aromatic heterocycles. The van der Waals surface area contributed by atoms with Gasteiger partial charge in [-0.05, 0) is 6.42 Å². The Hall–Kier alpha value is -1.99. The maximum absolute atomic E-state index is 11.9. The number of nitrogen functional groups attached to an aromatic ring is 1. The summed E-state index contributed by atoms with van der Waals surface area (Å²) in [4.78, 5) is 11.9. The Labute approximate surface area is 122 Å². The standard InChI is InChI=1S/C14H19NO6/c1-17-3-2-4-18-5-6-19-14(16)10-7-12-13(8-11(10)15)21-9-20-12/h7-8H,2-6,9,15H2,1H3. The summed E-state index contributed by atoms with van der Waals surface area (Å²) in [5.41, 5.74) is 6.36. The van der Waals surface area contributed by atoms with Gasteiger partial charge >= 0.3 is 5.97 Å². The van der Waals surface area contributed by atoms with Crippen LogP contribution in [0.15, 0.2) is 12.1 Å². The first-order valence-corrected chi connectivity index (χ1v) is 6.65. The van der Waals surface area contributed by atoms with Crippen LogP contribution in [-0.4, -0.2) is 46.3 Å². The lowest BCUT2D eigenvalue weighted by Gasteiger charge is -2.08. The summed E-state index contributed by atoms with van der Waals surface area (Å²) < 4.78 is 25.7. The summed E-state index contributed by atoms with van der Waals surface area (Å²) in [7, 11) is 1.64. The van der Waals surface area contributed by atoms with Crippen LogP contribution in [0.3, 0.4) is 0 Å². The molecule has 1 aliphatic heterocycles. The Balaban J connectivity index is 1.76. The predicted octanol–water partition coefficient (Wildman–Crippen LogP) is 1.21. The summed E-state index contributed by atoms with van der Waals surface area (Å²) >= 11 is 0. The zero-order chi connectivity index (χ0) is 15.1. The number of hydrogen-bond acceptors (Lipinski definition) is 7. The van der Waals surface area contributed by atoms with Crippen LogP contribution in [0.5, 0.6) is 11.5 Å². The first kappa shape index (κ1) is 15.4. The number of hydrogen-bond donors (Lipinski definition) is 1. The van der Waals surface area contributed by atoms with Gasteiger partial charge in [0.25, 0.3) is 0 Å². The largest absolute Gasteiger partial charge is 0.460 e. The molecule has 0 unspecified atom stereocenters. The molecule has 0 atom stereocenters. The third-order valence-electron chi connectivity index (χ3n) is 2.86. The van der Waals surface area contributed by atoms with Crippen LogP contribution in [0.2, 0.25) is 0 Å². The highest BCUT2D eigenvalue weighted by molar-refractivity contribution is 5.96. The SMILES string of the molecule is COCCCOCCOC(=O)c1cc2c(cc1N)OCO2. The summed E-state index contributed by atoms with van der Waals surface area (Å²) in [6.45, 7) is 1.84. The van der Waals surface area contributed by atoms with Crippen LogP contribution in [-0.2, 0) is 14.2 Å². The van der Waals surface area contributed by atoms with Crippen molar-refractivity contribution >= 4 is 11.7 Å². The third kappa shape index (κ3) is 4.24. The summed E-state index contributed by atoms with van der Waals surface area (Å²) in [6.07, 6.45) is 0.805. The van der Waals surface area contributed by atoms with E-state index in [4.69, 9.17) is 29.4 Å². The van der Waals surface area contributed by atoms with E-state index in [0.29, 0.717) is 37.0 Å². The van der Waals surface area contributed by atoms with Crippen molar-refractivity contribution in [1.29, 1.82) is 0 Å². The number of fused-ring (bicyclic) bond motifs is 1. The smallest absolute Gasteiger partial charge is 0.340 e. The number of esters is 1. The fraction of sp³-hybridized carbons (Fsp3) is 0.500. The van der Waals surface area contributed by atoms with E-state index in [0.717, 1.165) is 6.42 Å². The van der Waals surface area contributed by atoms with Crippen molar-refractivity contribution in [2.75, 3.05) is 46.1 Å². The maximum Gasteiger partial charge on any atom is 0.340 e. The average molecular weight is 297 g/mol. The quantitative estimate of drug-likeness (QED) is 0.438. The molecule has 116 valence electrons. The van der Waals surface area contributed by atoms with Gasteiger partial charge in [0.1, 0.15) is 6.61 Å². The van der Waals surface area contributed by atoms with E-state index in [1.165, 1.54) is 6.07 Å². The van der Waals surface area contributed by atoms with Crippen molar-refractivity contribution in [3.8, 4) is 11.5 Å².